The van der Waals surface area contributed by atoms with Gasteiger partial charge in [-0.3, -0.25) is 0 Å². The van der Waals surface area contributed by atoms with E-state index in [1.807, 2.05) is 127 Å². The predicted octanol–water partition coefficient (Wildman–Crippen LogP) is 10.1. The number of fused-ring (bicyclic) bond motifs is 6. The van der Waals surface area contributed by atoms with E-state index in [0.29, 0.717) is 22.7 Å². The molecule has 0 unspecified atom stereocenters. The predicted molar refractivity (Wildman–Crippen MR) is 181 cm³/mol. The molecular formula is C39H25N4O3Pt-3. The number of pyridine rings is 1. The fourth-order valence-electron chi connectivity index (χ4n) is 6.06. The molecule has 0 fully saturated rings. The van der Waals surface area contributed by atoms with Crippen LogP contribution >= 0.6 is 0 Å². The molecule has 5 aromatic carbocycles. The first kappa shape index (κ1) is 28.9. The first-order valence-electron chi connectivity index (χ1n) is 14.9. The van der Waals surface area contributed by atoms with Crippen molar-refractivity contribution in [2.75, 3.05) is 16.8 Å². The first-order valence-corrected chi connectivity index (χ1v) is 14.9. The molecule has 0 radical (unpaired) electrons. The summed E-state index contributed by atoms with van der Waals surface area (Å²) in [6.45, 7) is 1.99. The molecule has 0 spiro atoms. The molecule has 0 bridgehead atoms. The van der Waals surface area contributed by atoms with Crippen molar-refractivity contribution in [3.8, 4) is 11.5 Å². The minimum Gasteiger partial charge on any atom is -0.512 e. The zero-order chi connectivity index (χ0) is 30.6. The van der Waals surface area contributed by atoms with E-state index < -0.39 is 0 Å². The average Bonchev–Trinajstić information content (AvgIpc) is 3.81. The topological polar surface area (TPSA) is 58.1 Å². The van der Waals surface area contributed by atoms with Crippen LogP contribution in [0.3, 0.4) is 0 Å². The second kappa shape index (κ2) is 11.7. The molecule has 0 atom stereocenters. The molecule has 7 nitrogen and oxygen atoms in total. The molecule has 1 aliphatic rings. The van der Waals surface area contributed by atoms with Crippen molar-refractivity contribution < 1.29 is 34.6 Å². The van der Waals surface area contributed by atoms with Gasteiger partial charge in [-0.15, -0.1) is 18.2 Å². The smallest absolute Gasteiger partial charge is 0.135 e. The van der Waals surface area contributed by atoms with Gasteiger partial charge in [0, 0.05) is 49.7 Å². The number of benzene rings is 5. The zero-order valence-electron chi connectivity index (χ0n) is 25.0. The minimum atomic E-state index is 0. The molecule has 0 saturated carbocycles. The molecule has 8 heteroatoms. The first-order chi connectivity index (χ1) is 22.7. The van der Waals surface area contributed by atoms with Gasteiger partial charge in [0.2, 0.25) is 0 Å². The summed E-state index contributed by atoms with van der Waals surface area (Å²) in [4.78, 5) is 10.8. The van der Waals surface area contributed by atoms with Crippen LogP contribution in [-0.2, 0) is 21.1 Å². The van der Waals surface area contributed by atoms with Gasteiger partial charge in [-0.2, -0.15) is 6.67 Å². The molecule has 3 aromatic heterocycles. The van der Waals surface area contributed by atoms with E-state index >= 15 is 0 Å². The molecule has 0 saturated heterocycles. The van der Waals surface area contributed by atoms with Crippen LogP contribution in [0.2, 0.25) is 0 Å². The quantitative estimate of drug-likeness (QED) is 0.156. The summed E-state index contributed by atoms with van der Waals surface area (Å²) >= 11 is 0. The Morgan fingerprint density at radius 2 is 1.49 bits per heavy atom. The normalized spacial score (nSPS) is 12.8. The number of furan rings is 2. The fraction of sp³-hybridized carbons (Fsp3) is 0.0256. The summed E-state index contributed by atoms with van der Waals surface area (Å²) < 4.78 is 19.5. The Bertz CT molecular complexity index is 2380. The Labute approximate surface area is 285 Å². The van der Waals surface area contributed by atoms with E-state index in [9.17, 15) is 0 Å². The van der Waals surface area contributed by atoms with Crippen molar-refractivity contribution in [3.63, 3.8) is 0 Å². The van der Waals surface area contributed by atoms with Gasteiger partial charge in [0.05, 0.1) is 11.3 Å². The Morgan fingerprint density at radius 1 is 0.745 bits per heavy atom. The number of rotatable bonds is 6. The van der Waals surface area contributed by atoms with Crippen LogP contribution in [-0.4, -0.2) is 16.9 Å². The van der Waals surface area contributed by atoms with E-state index in [-0.39, 0.29) is 21.1 Å². The summed E-state index contributed by atoms with van der Waals surface area (Å²) in [5.74, 6) is 1.65. The molecule has 4 heterocycles. The molecule has 8 aromatic rings. The average molecular weight is 793 g/mol. The van der Waals surface area contributed by atoms with Crippen LogP contribution in [0.5, 0.6) is 11.5 Å². The third kappa shape index (κ3) is 5.00. The molecule has 47 heavy (non-hydrogen) atoms. The monoisotopic (exact) mass is 792 g/mol. The Hall–Kier alpha value is -5.52. The Balaban J connectivity index is 0.00000324. The summed E-state index contributed by atoms with van der Waals surface area (Å²) in [5.41, 5.74) is 5.34. The van der Waals surface area contributed by atoms with Gasteiger partial charge in [0.15, 0.2) is 0 Å². The van der Waals surface area contributed by atoms with Crippen LogP contribution in [0.15, 0.2) is 137 Å². The van der Waals surface area contributed by atoms with E-state index in [1.54, 1.807) is 6.20 Å². The van der Waals surface area contributed by atoms with Crippen LogP contribution in [0.25, 0.3) is 43.9 Å². The van der Waals surface area contributed by atoms with E-state index in [0.717, 1.165) is 55.6 Å². The van der Waals surface area contributed by atoms with Crippen LogP contribution in [0, 0.1) is 18.8 Å². The maximum Gasteiger partial charge on any atom is 0.135 e. The number of anilines is 4. The largest absolute Gasteiger partial charge is 0.512 e. The van der Waals surface area contributed by atoms with E-state index in [1.165, 1.54) is 0 Å². The van der Waals surface area contributed by atoms with Crippen LogP contribution < -0.4 is 14.5 Å². The van der Waals surface area contributed by atoms with Gasteiger partial charge in [0.1, 0.15) is 17.0 Å². The molecule has 0 amide bonds. The van der Waals surface area contributed by atoms with Crippen molar-refractivity contribution in [1.29, 1.82) is 0 Å². The standard InChI is InChI=1S/C39H25N4O3.Pt/c1-41-19-20-42(25-41)32-23-28(24-35-38(32)30-14-6-8-16-34(30)45-35)44-36-22-27(21-31-29-13-5-7-15-33(29)46-39(31)36)43(26-11-3-2-4-12-26)37-17-9-10-18-40-37;/h2-21,24-25H,1H3;/q-3;. The fourth-order valence-corrected chi connectivity index (χ4v) is 6.06. The SMILES string of the molecule is CN1C=CN(c2[c-]c(Oc3[c-]c(N(c4ccccc4)c4ccccn4)cc4c3oc3ccccc34)cc3oc4ccccc4c23)[CH-]1.[Pt]. The molecular weight excluding hydrogens is 768 g/mol. The van der Waals surface area contributed by atoms with E-state index in [4.69, 9.17) is 18.6 Å². The van der Waals surface area contributed by atoms with Gasteiger partial charge in [-0.25, -0.2) is 4.98 Å². The van der Waals surface area contributed by atoms with Crippen molar-refractivity contribution >= 4 is 66.8 Å². The third-order valence-corrected chi connectivity index (χ3v) is 8.10. The van der Waals surface area contributed by atoms with Crippen LogP contribution in [0.1, 0.15) is 0 Å². The molecule has 9 rings (SSSR count). The summed E-state index contributed by atoms with van der Waals surface area (Å²) in [7, 11) is 1.99. The number of hydrogen-bond donors (Lipinski definition) is 0. The maximum atomic E-state index is 6.72. The number of aromatic nitrogens is 1. The molecule has 0 N–H and O–H groups in total. The third-order valence-electron chi connectivity index (χ3n) is 8.10. The Morgan fingerprint density at radius 3 is 2.26 bits per heavy atom. The van der Waals surface area contributed by atoms with Gasteiger partial charge in [-0.05, 0) is 61.2 Å². The maximum absolute atomic E-state index is 6.72. The molecule has 1 aliphatic heterocycles. The number of hydrogen-bond acceptors (Lipinski definition) is 7. The number of para-hydroxylation sites is 3. The molecule has 0 aliphatic carbocycles. The van der Waals surface area contributed by atoms with Crippen molar-refractivity contribution in [3.05, 3.63) is 147 Å². The van der Waals surface area contributed by atoms with Crippen LogP contribution in [0.4, 0.5) is 22.9 Å². The summed E-state index contributed by atoms with van der Waals surface area (Å²) in [5, 5.41) is 3.84. The number of nitrogens with zero attached hydrogens (tertiary/aromatic N) is 4. The van der Waals surface area contributed by atoms with Gasteiger partial charge < -0.3 is 28.3 Å². The number of ether oxygens (including phenoxy) is 1. The van der Waals surface area contributed by atoms with E-state index in [2.05, 4.69) is 35.2 Å². The molecule has 232 valence electrons. The Kier molecular flexibility index (Phi) is 7.19. The summed E-state index contributed by atoms with van der Waals surface area (Å²) in [6.07, 6.45) is 5.76. The van der Waals surface area contributed by atoms with Crippen molar-refractivity contribution in [2.45, 2.75) is 0 Å². The second-order valence-corrected chi connectivity index (χ2v) is 11.1. The zero-order valence-corrected chi connectivity index (χ0v) is 27.3. The van der Waals surface area contributed by atoms with Gasteiger partial charge in [0.25, 0.3) is 0 Å². The summed E-state index contributed by atoms with van der Waals surface area (Å²) in [6, 6.07) is 43.0. The van der Waals surface area contributed by atoms with Gasteiger partial charge >= 0.3 is 0 Å². The van der Waals surface area contributed by atoms with Crippen molar-refractivity contribution in [2.24, 2.45) is 0 Å². The minimum absolute atomic E-state index is 0. The van der Waals surface area contributed by atoms with Gasteiger partial charge in [-0.1, -0.05) is 88.9 Å². The van der Waals surface area contributed by atoms with Crippen molar-refractivity contribution in [1.82, 2.24) is 9.88 Å². The second-order valence-electron chi connectivity index (χ2n) is 11.1.